The molecule has 2 aliphatic heterocycles. The number of aromatic nitrogens is 2. The molecule has 33 heavy (non-hydrogen) atoms. The first kappa shape index (κ1) is 26.3. The van der Waals surface area contributed by atoms with Crippen LogP contribution < -0.4 is 16.4 Å². The molecule has 7 atom stereocenters. The highest BCUT2D eigenvalue weighted by Gasteiger charge is 2.47. The van der Waals surface area contributed by atoms with Gasteiger partial charge in [-0.3, -0.25) is 14.4 Å². The third-order valence-corrected chi connectivity index (χ3v) is 8.11. The number of phosphoric ester groups is 1. The van der Waals surface area contributed by atoms with Crippen molar-refractivity contribution in [1.29, 1.82) is 0 Å². The molecule has 0 aliphatic carbocycles. The Labute approximate surface area is 184 Å². The van der Waals surface area contributed by atoms with Gasteiger partial charge in [0.2, 0.25) is 0 Å². The number of phosphoric acid groups is 3. The molecule has 0 aromatic carbocycles. The molecular formula is C11H21N6O13P3. The Kier molecular flexibility index (Phi) is 7.51. The summed E-state index contributed by atoms with van der Waals surface area (Å²) in [6, 6.07) is 0. The highest BCUT2D eigenvalue weighted by Crippen LogP contribution is 2.66. The molecule has 0 spiro atoms. The smallest absolute Gasteiger partial charge is 0.387 e. The fourth-order valence-electron chi connectivity index (χ4n) is 3.01. The number of nitrogens with two attached hydrogens (primary N) is 1. The van der Waals surface area contributed by atoms with E-state index in [1.165, 1.54) is 10.9 Å². The number of aliphatic imine (C=N–C) groups is 1. The van der Waals surface area contributed by atoms with Crippen LogP contribution in [0.4, 0.5) is 5.82 Å². The van der Waals surface area contributed by atoms with Crippen molar-refractivity contribution in [3.8, 4) is 0 Å². The van der Waals surface area contributed by atoms with E-state index in [1.54, 1.807) is 7.05 Å². The Morgan fingerprint density at radius 3 is 2.45 bits per heavy atom. The molecule has 3 heterocycles. The SMILES string of the molecule is CNC1NC(N)=Nc2c1ncn2C1OC(COP(=O)(O)OP(=O)(O)OP(=O)(O)O)C(O)C1O. The minimum atomic E-state index is -5.71. The van der Waals surface area contributed by atoms with Crippen molar-refractivity contribution in [1.82, 2.24) is 20.2 Å². The van der Waals surface area contributed by atoms with Crippen molar-refractivity contribution >= 4 is 35.2 Å². The largest absolute Gasteiger partial charge is 0.490 e. The molecule has 0 bridgehead atoms. The quantitative estimate of drug-likeness (QED) is 0.148. The molecule has 1 saturated heterocycles. The number of aliphatic hydroxyl groups excluding tert-OH is 2. The van der Waals surface area contributed by atoms with E-state index in [1.807, 2.05) is 0 Å². The first-order valence-corrected chi connectivity index (χ1v) is 13.3. The summed E-state index contributed by atoms with van der Waals surface area (Å²) in [6.07, 6.45) is -5.29. The molecule has 0 radical (unpaired) electrons. The second kappa shape index (κ2) is 9.41. The highest BCUT2D eigenvalue weighted by molar-refractivity contribution is 7.66. The van der Waals surface area contributed by atoms with Gasteiger partial charge in [0.1, 0.15) is 30.2 Å². The van der Waals surface area contributed by atoms with Crippen molar-refractivity contribution in [2.24, 2.45) is 10.7 Å². The Balaban J connectivity index is 1.70. The molecule has 1 aromatic heterocycles. The van der Waals surface area contributed by atoms with Crippen LogP contribution in [0.2, 0.25) is 0 Å². The van der Waals surface area contributed by atoms with Gasteiger partial charge in [-0.2, -0.15) is 13.6 Å². The van der Waals surface area contributed by atoms with Gasteiger partial charge < -0.3 is 45.6 Å². The van der Waals surface area contributed by atoms with Gasteiger partial charge in [0, 0.05) is 0 Å². The lowest BCUT2D eigenvalue weighted by Crippen LogP contribution is -2.43. The van der Waals surface area contributed by atoms with E-state index in [0.29, 0.717) is 5.69 Å². The summed E-state index contributed by atoms with van der Waals surface area (Å²) in [5.74, 6) is 0.219. The number of rotatable bonds is 9. The van der Waals surface area contributed by atoms with Crippen LogP contribution in [-0.4, -0.2) is 77.3 Å². The monoisotopic (exact) mass is 538 g/mol. The second-order valence-electron chi connectivity index (χ2n) is 6.66. The normalized spacial score (nSPS) is 31.2. The predicted octanol–water partition coefficient (Wildman–Crippen LogP) is -2.39. The van der Waals surface area contributed by atoms with Crippen LogP contribution in [0.5, 0.6) is 0 Å². The van der Waals surface area contributed by atoms with E-state index in [9.17, 15) is 28.8 Å². The molecule has 7 unspecified atom stereocenters. The number of ether oxygens (including phenoxy) is 1. The lowest BCUT2D eigenvalue weighted by atomic mass is 10.1. The average Bonchev–Trinajstić information content (AvgIpc) is 3.18. The zero-order chi connectivity index (χ0) is 24.8. The number of nitrogens with zero attached hydrogens (tertiary/aromatic N) is 3. The third kappa shape index (κ3) is 6.25. The summed E-state index contributed by atoms with van der Waals surface area (Å²) >= 11 is 0. The maximum atomic E-state index is 11.9. The zero-order valence-electron chi connectivity index (χ0n) is 16.5. The number of guanidine groups is 1. The number of imidazole rings is 1. The fraction of sp³-hybridized carbons (Fsp3) is 0.636. The van der Waals surface area contributed by atoms with Crippen molar-refractivity contribution in [3.63, 3.8) is 0 Å². The number of hydrogen-bond acceptors (Lipinski definition) is 14. The number of nitrogens with one attached hydrogen (secondary N) is 2. The van der Waals surface area contributed by atoms with Gasteiger partial charge in [-0.25, -0.2) is 18.7 Å². The standard InChI is InChI=1S/C11H21N6O13P3/c1-13-8-5-9(16-11(12)15-8)17(3-14-5)10-7(19)6(18)4(28-10)2-27-32(23,24)30-33(25,26)29-31(20,21)22/h3-4,6-8,10,13,18-19H,2H2,1H3,(H,23,24)(H,25,26)(H3,12,15,16)(H2,20,21,22). The van der Waals surface area contributed by atoms with Gasteiger partial charge in [0.05, 0.1) is 12.9 Å². The van der Waals surface area contributed by atoms with Gasteiger partial charge >= 0.3 is 23.5 Å². The molecule has 2 aliphatic rings. The lowest BCUT2D eigenvalue weighted by Gasteiger charge is -2.24. The minimum absolute atomic E-state index is 0.0286. The Bertz CT molecular complexity index is 1060. The molecule has 19 nitrogen and oxygen atoms in total. The summed E-state index contributed by atoms with van der Waals surface area (Å²) < 4.78 is 52.2. The molecule has 3 rings (SSSR count). The maximum absolute atomic E-state index is 11.9. The van der Waals surface area contributed by atoms with E-state index in [-0.39, 0.29) is 11.8 Å². The summed E-state index contributed by atoms with van der Waals surface area (Å²) in [4.78, 5) is 44.0. The molecular weight excluding hydrogens is 517 g/mol. The maximum Gasteiger partial charge on any atom is 0.490 e. The fourth-order valence-corrected chi connectivity index (χ4v) is 6.04. The van der Waals surface area contributed by atoms with Gasteiger partial charge in [-0.1, -0.05) is 0 Å². The van der Waals surface area contributed by atoms with Crippen LogP contribution in [0.3, 0.4) is 0 Å². The zero-order valence-corrected chi connectivity index (χ0v) is 19.2. The predicted molar refractivity (Wildman–Crippen MR) is 104 cm³/mol. The molecule has 0 amide bonds. The van der Waals surface area contributed by atoms with Crippen molar-refractivity contribution in [2.45, 2.75) is 30.7 Å². The first-order valence-electron chi connectivity index (χ1n) is 8.77. The van der Waals surface area contributed by atoms with Crippen molar-refractivity contribution < 1.29 is 61.4 Å². The van der Waals surface area contributed by atoms with Gasteiger partial charge in [0.25, 0.3) is 0 Å². The summed E-state index contributed by atoms with van der Waals surface area (Å²) in [5.41, 5.74) is 6.12. The van der Waals surface area contributed by atoms with E-state index in [4.69, 9.17) is 25.2 Å². The van der Waals surface area contributed by atoms with Gasteiger partial charge in [0.15, 0.2) is 18.0 Å². The summed E-state index contributed by atoms with van der Waals surface area (Å²) in [7, 11) is -15.1. The first-order chi connectivity index (χ1) is 15.1. The Morgan fingerprint density at radius 2 is 1.85 bits per heavy atom. The summed E-state index contributed by atoms with van der Waals surface area (Å²) in [6.45, 7) is -0.957. The molecule has 10 N–H and O–H groups in total. The average molecular weight is 538 g/mol. The van der Waals surface area contributed by atoms with E-state index in [0.717, 1.165) is 0 Å². The van der Waals surface area contributed by atoms with Gasteiger partial charge in [-0.05, 0) is 7.05 Å². The van der Waals surface area contributed by atoms with Crippen molar-refractivity contribution in [2.75, 3.05) is 13.7 Å². The highest BCUT2D eigenvalue weighted by atomic mass is 31.3. The summed E-state index contributed by atoms with van der Waals surface area (Å²) in [5, 5.41) is 26.3. The van der Waals surface area contributed by atoms with Crippen LogP contribution in [0, 0.1) is 0 Å². The molecule has 0 saturated carbocycles. The number of hydrogen-bond donors (Lipinski definition) is 9. The minimum Gasteiger partial charge on any atom is -0.387 e. The van der Waals surface area contributed by atoms with Crippen LogP contribution in [-0.2, 0) is 31.6 Å². The second-order valence-corrected chi connectivity index (χ2v) is 11.1. The Hall–Kier alpha value is -1.27. The number of fused-ring (bicyclic) bond motifs is 1. The number of aliphatic hydroxyl groups is 2. The van der Waals surface area contributed by atoms with Gasteiger partial charge in [-0.15, -0.1) is 0 Å². The lowest BCUT2D eigenvalue weighted by molar-refractivity contribution is -0.0512. The molecule has 1 fully saturated rings. The van der Waals surface area contributed by atoms with Crippen molar-refractivity contribution in [3.05, 3.63) is 12.0 Å². The van der Waals surface area contributed by atoms with E-state index >= 15 is 0 Å². The van der Waals surface area contributed by atoms with E-state index < -0.39 is 60.8 Å². The van der Waals surface area contributed by atoms with Crippen LogP contribution in [0.25, 0.3) is 0 Å². The Morgan fingerprint density at radius 1 is 1.18 bits per heavy atom. The van der Waals surface area contributed by atoms with Crippen LogP contribution >= 0.6 is 23.5 Å². The van der Waals surface area contributed by atoms with Crippen LogP contribution in [0.1, 0.15) is 18.1 Å². The molecule has 22 heteroatoms. The van der Waals surface area contributed by atoms with E-state index in [2.05, 4.69) is 33.8 Å². The topological polar surface area (TPSA) is 290 Å². The third-order valence-electron chi connectivity index (χ3n) is 4.30. The van der Waals surface area contributed by atoms with Crippen LogP contribution in [0.15, 0.2) is 11.3 Å². The molecule has 1 aromatic rings. The molecule has 188 valence electrons.